The van der Waals surface area contributed by atoms with Crippen LogP contribution in [0.2, 0.25) is 5.02 Å². The van der Waals surface area contributed by atoms with E-state index in [1.807, 2.05) is 6.92 Å². The molecule has 1 aliphatic rings. The third kappa shape index (κ3) is 5.46. The highest BCUT2D eigenvalue weighted by Crippen LogP contribution is 2.32. The predicted molar refractivity (Wildman–Crippen MR) is 129 cm³/mol. The Kier molecular flexibility index (Phi) is 7.30. The van der Waals surface area contributed by atoms with Gasteiger partial charge in [0.15, 0.2) is 0 Å². The second kappa shape index (κ2) is 10.2. The molecule has 4 rings (SSSR count). The third-order valence-corrected chi connectivity index (χ3v) is 8.13. The molecule has 178 valence electrons. The van der Waals surface area contributed by atoms with Gasteiger partial charge in [0.05, 0.1) is 16.2 Å². The summed E-state index contributed by atoms with van der Waals surface area (Å²) in [5.41, 5.74) is 2.74. The molecule has 1 aliphatic heterocycles. The first-order chi connectivity index (χ1) is 16.2. The first kappa shape index (κ1) is 24.3. The van der Waals surface area contributed by atoms with E-state index in [0.717, 1.165) is 11.3 Å². The number of piperidine rings is 1. The fraction of sp³-hybridized carbons (Fsp3) is 0.280. The standard InChI is InChI=1S/C25H25ClFN3O3S/c1-17-2-11-23(25(31)28-16-18-3-7-21(27)8-4-18)24(29-17)19-12-14-30(15-13-19)34(32,33)22-9-5-20(26)6-10-22/h2-11,19H,12-16H2,1H3,(H,28,31). The van der Waals surface area contributed by atoms with Gasteiger partial charge in [0.2, 0.25) is 10.0 Å². The van der Waals surface area contributed by atoms with E-state index in [1.54, 1.807) is 36.4 Å². The summed E-state index contributed by atoms with van der Waals surface area (Å²) in [5.74, 6) is -0.629. The van der Waals surface area contributed by atoms with Crippen molar-refractivity contribution in [2.24, 2.45) is 0 Å². The van der Waals surface area contributed by atoms with Crippen LogP contribution in [0.5, 0.6) is 0 Å². The lowest BCUT2D eigenvalue weighted by atomic mass is 9.90. The molecule has 0 aliphatic carbocycles. The second-order valence-corrected chi connectivity index (χ2v) is 10.7. The number of aromatic nitrogens is 1. The SMILES string of the molecule is Cc1ccc(C(=O)NCc2ccc(F)cc2)c(C2CCN(S(=O)(=O)c3ccc(Cl)cc3)CC2)n1. The molecule has 1 saturated heterocycles. The number of amides is 1. The molecule has 0 bridgehead atoms. The van der Waals surface area contributed by atoms with Crippen LogP contribution in [-0.2, 0) is 16.6 Å². The summed E-state index contributed by atoms with van der Waals surface area (Å²) in [6, 6.07) is 15.7. The van der Waals surface area contributed by atoms with Gasteiger partial charge in [-0.25, -0.2) is 12.8 Å². The van der Waals surface area contributed by atoms with Gasteiger partial charge in [0.1, 0.15) is 5.82 Å². The number of aryl methyl sites for hydroxylation is 1. The normalized spacial score (nSPS) is 15.3. The largest absolute Gasteiger partial charge is 0.348 e. The summed E-state index contributed by atoms with van der Waals surface area (Å²) in [6.07, 6.45) is 1.11. The van der Waals surface area contributed by atoms with Crippen LogP contribution in [-0.4, -0.2) is 36.7 Å². The van der Waals surface area contributed by atoms with E-state index in [0.29, 0.717) is 42.2 Å². The minimum absolute atomic E-state index is 0.0388. The Morgan fingerprint density at radius 3 is 2.35 bits per heavy atom. The Bertz CT molecular complexity index is 1270. The van der Waals surface area contributed by atoms with Crippen molar-refractivity contribution >= 4 is 27.5 Å². The molecule has 0 radical (unpaired) electrons. The summed E-state index contributed by atoms with van der Waals surface area (Å²) in [7, 11) is -3.61. The van der Waals surface area contributed by atoms with Crippen molar-refractivity contribution < 1.29 is 17.6 Å². The predicted octanol–water partition coefficient (Wildman–Crippen LogP) is 4.68. The zero-order valence-corrected chi connectivity index (χ0v) is 20.2. The summed E-state index contributed by atoms with van der Waals surface area (Å²) < 4.78 is 40.6. The second-order valence-electron chi connectivity index (χ2n) is 8.33. The number of carbonyl (C=O) groups is 1. The van der Waals surface area contributed by atoms with Gasteiger partial charge in [0.25, 0.3) is 5.91 Å². The molecule has 34 heavy (non-hydrogen) atoms. The molecule has 9 heteroatoms. The quantitative estimate of drug-likeness (QED) is 0.532. The van der Waals surface area contributed by atoms with Gasteiger partial charge in [0, 0.05) is 36.3 Å². The maximum absolute atomic E-state index is 13.1. The first-order valence-electron chi connectivity index (χ1n) is 11.0. The number of hydrogen-bond acceptors (Lipinski definition) is 4. The van der Waals surface area contributed by atoms with Crippen LogP contribution in [0.25, 0.3) is 0 Å². The number of hydrogen-bond donors (Lipinski definition) is 1. The highest BCUT2D eigenvalue weighted by Gasteiger charge is 2.32. The molecule has 6 nitrogen and oxygen atoms in total. The average Bonchev–Trinajstić information content (AvgIpc) is 2.84. The number of halogens is 2. The van der Waals surface area contributed by atoms with Crippen LogP contribution in [0.15, 0.2) is 65.6 Å². The van der Waals surface area contributed by atoms with Gasteiger partial charge >= 0.3 is 0 Å². The number of benzene rings is 2. The molecule has 3 aromatic rings. The Balaban J connectivity index is 1.46. The molecular formula is C25H25ClFN3O3S. The maximum atomic E-state index is 13.1. The van der Waals surface area contributed by atoms with Gasteiger partial charge in [-0.05, 0) is 73.9 Å². The molecule has 0 unspecified atom stereocenters. The molecule has 2 aromatic carbocycles. The summed E-state index contributed by atoms with van der Waals surface area (Å²) in [5, 5.41) is 3.35. The van der Waals surface area contributed by atoms with E-state index in [4.69, 9.17) is 11.6 Å². The Hall–Kier alpha value is -2.81. The number of carbonyl (C=O) groups excluding carboxylic acids is 1. The Morgan fingerprint density at radius 1 is 1.06 bits per heavy atom. The van der Waals surface area contributed by atoms with Crippen LogP contribution < -0.4 is 5.32 Å². The van der Waals surface area contributed by atoms with Crippen molar-refractivity contribution in [2.45, 2.75) is 37.1 Å². The van der Waals surface area contributed by atoms with Crippen molar-refractivity contribution in [3.05, 3.63) is 94.0 Å². The Labute approximate surface area is 203 Å². The van der Waals surface area contributed by atoms with Gasteiger partial charge in [-0.1, -0.05) is 23.7 Å². The minimum atomic E-state index is -3.61. The average molecular weight is 502 g/mol. The lowest BCUT2D eigenvalue weighted by Gasteiger charge is -2.31. The fourth-order valence-corrected chi connectivity index (χ4v) is 5.68. The van der Waals surface area contributed by atoms with Crippen LogP contribution in [0.3, 0.4) is 0 Å². The van der Waals surface area contributed by atoms with Crippen molar-refractivity contribution in [2.75, 3.05) is 13.1 Å². The van der Waals surface area contributed by atoms with E-state index in [-0.39, 0.29) is 29.1 Å². The summed E-state index contributed by atoms with van der Waals surface area (Å²) >= 11 is 5.89. The van der Waals surface area contributed by atoms with E-state index in [2.05, 4.69) is 10.3 Å². The van der Waals surface area contributed by atoms with Crippen molar-refractivity contribution in [3.63, 3.8) is 0 Å². The van der Waals surface area contributed by atoms with Crippen molar-refractivity contribution in [3.8, 4) is 0 Å². The highest BCUT2D eigenvalue weighted by molar-refractivity contribution is 7.89. The fourth-order valence-electron chi connectivity index (χ4n) is 4.09. The molecule has 2 heterocycles. The zero-order valence-electron chi connectivity index (χ0n) is 18.7. The number of nitrogens with zero attached hydrogens (tertiary/aromatic N) is 2. The number of sulfonamides is 1. The summed E-state index contributed by atoms with van der Waals surface area (Å²) in [6.45, 7) is 2.80. The highest BCUT2D eigenvalue weighted by atomic mass is 35.5. The maximum Gasteiger partial charge on any atom is 0.253 e. The lowest BCUT2D eigenvalue weighted by Crippen LogP contribution is -2.38. The van der Waals surface area contributed by atoms with E-state index < -0.39 is 10.0 Å². The van der Waals surface area contributed by atoms with Crippen LogP contribution in [0, 0.1) is 12.7 Å². The van der Waals surface area contributed by atoms with Gasteiger partial charge in [-0.3, -0.25) is 9.78 Å². The zero-order chi connectivity index (χ0) is 24.3. The van der Waals surface area contributed by atoms with Crippen LogP contribution in [0.1, 0.15) is 46.1 Å². The van der Waals surface area contributed by atoms with Gasteiger partial charge in [-0.2, -0.15) is 4.31 Å². The third-order valence-electron chi connectivity index (χ3n) is 5.97. The van der Waals surface area contributed by atoms with Gasteiger partial charge < -0.3 is 5.32 Å². The van der Waals surface area contributed by atoms with Crippen LogP contribution in [0.4, 0.5) is 4.39 Å². The molecule has 1 amide bonds. The number of nitrogens with one attached hydrogen (secondary N) is 1. The molecular weight excluding hydrogens is 477 g/mol. The molecule has 1 N–H and O–H groups in total. The van der Waals surface area contributed by atoms with Crippen LogP contribution >= 0.6 is 11.6 Å². The molecule has 1 aromatic heterocycles. The molecule has 1 fully saturated rings. The number of pyridine rings is 1. The monoisotopic (exact) mass is 501 g/mol. The molecule has 0 spiro atoms. The minimum Gasteiger partial charge on any atom is -0.348 e. The summed E-state index contributed by atoms with van der Waals surface area (Å²) in [4.78, 5) is 17.8. The number of rotatable bonds is 6. The Morgan fingerprint density at radius 2 is 1.71 bits per heavy atom. The van der Waals surface area contributed by atoms with Crippen molar-refractivity contribution in [1.29, 1.82) is 0 Å². The van der Waals surface area contributed by atoms with E-state index in [1.165, 1.54) is 28.6 Å². The first-order valence-corrected chi connectivity index (χ1v) is 12.8. The van der Waals surface area contributed by atoms with E-state index >= 15 is 0 Å². The van der Waals surface area contributed by atoms with Crippen molar-refractivity contribution in [1.82, 2.24) is 14.6 Å². The molecule has 0 saturated carbocycles. The molecule has 0 atom stereocenters. The smallest absolute Gasteiger partial charge is 0.253 e. The lowest BCUT2D eigenvalue weighted by molar-refractivity contribution is 0.0948. The topological polar surface area (TPSA) is 79.4 Å². The van der Waals surface area contributed by atoms with Gasteiger partial charge in [-0.15, -0.1) is 0 Å². The van der Waals surface area contributed by atoms with E-state index in [9.17, 15) is 17.6 Å².